The van der Waals surface area contributed by atoms with Crippen molar-refractivity contribution in [3.63, 3.8) is 0 Å². The predicted molar refractivity (Wildman–Crippen MR) is 60.5 cm³/mol. The summed E-state index contributed by atoms with van der Waals surface area (Å²) >= 11 is 3.56. The molecular weight excluding hydrogens is 244 g/mol. The lowest BCUT2D eigenvalue weighted by molar-refractivity contribution is -0.141. The first-order valence-electron chi connectivity index (χ1n) is 5.40. The second-order valence-corrected chi connectivity index (χ2v) is 4.72. The van der Waals surface area contributed by atoms with Crippen LogP contribution in [0.3, 0.4) is 0 Å². The van der Waals surface area contributed by atoms with Gasteiger partial charge < -0.3 is 4.74 Å². The Labute approximate surface area is 94.5 Å². The Morgan fingerprint density at radius 3 is 2.57 bits per heavy atom. The van der Waals surface area contributed by atoms with Crippen molar-refractivity contribution in [2.75, 3.05) is 12.4 Å². The summed E-state index contributed by atoms with van der Waals surface area (Å²) in [5.74, 6) is 1.43. The third-order valence-corrected chi connectivity index (χ3v) is 4.04. The summed E-state index contributed by atoms with van der Waals surface area (Å²) in [7, 11) is 1.46. The van der Waals surface area contributed by atoms with E-state index in [-0.39, 0.29) is 5.97 Å². The van der Waals surface area contributed by atoms with Crippen molar-refractivity contribution in [3.8, 4) is 0 Å². The number of ether oxygens (including phenoxy) is 1. The zero-order chi connectivity index (χ0) is 10.4. The zero-order valence-electron chi connectivity index (χ0n) is 8.80. The van der Waals surface area contributed by atoms with Crippen LogP contribution in [0.4, 0.5) is 0 Å². The van der Waals surface area contributed by atoms with Crippen LogP contribution < -0.4 is 0 Å². The molecule has 1 aliphatic carbocycles. The summed E-state index contributed by atoms with van der Waals surface area (Å²) in [6.45, 7) is 0. The molecule has 2 nitrogen and oxygen atoms in total. The first kappa shape index (κ1) is 12.0. The Morgan fingerprint density at radius 1 is 1.36 bits per heavy atom. The van der Waals surface area contributed by atoms with Crippen molar-refractivity contribution < 1.29 is 9.53 Å². The molecule has 1 saturated carbocycles. The molecule has 2 atom stereocenters. The van der Waals surface area contributed by atoms with Gasteiger partial charge in [0.2, 0.25) is 0 Å². The third-order valence-electron chi connectivity index (χ3n) is 3.21. The van der Waals surface area contributed by atoms with E-state index < -0.39 is 0 Å². The number of carbonyl (C=O) groups excluding carboxylic acids is 1. The van der Waals surface area contributed by atoms with Crippen LogP contribution in [0, 0.1) is 11.8 Å². The second kappa shape index (κ2) is 6.44. The molecule has 0 bridgehead atoms. The molecule has 82 valence electrons. The third kappa shape index (κ3) is 3.60. The summed E-state index contributed by atoms with van der Waals surface area (Å²) in [5, 5.41) is 1.08. The van der Waals surface area contributed by atoms with Crippen LogP contribution >= 0.6 is 15.9 Å². The van der Waals surface area contributed by atoms with Crippen molar-refractivity contribution in [2.45, 2.75) is 38.5 Å². The predicted octanol–water partition coefficient (Wildman–Crippen LogP) is 3.14. The first-order valence-corrected chi connectivity index (χ1v) is 6.53. The summed E-state index contributed by atoms with van der Waals surface area (Å²) in [4.78, 5) is 11.0. The molecule has 0 aromatic rings. The smallest absolute Gasteiger partial charge is 0.305 e. The maximum Gasteiger partial charge on any atom is 0.305 e. The van der Waals surface area contributed by atoms with Crippen molar-refractivity contribution >= 4 is 21.9 Å². The van der Waals surface area contributed by atoms with Crippen LogP contribution in [0.15, 0.2) is 0 Å². The van der Waals surface area contributed by atoms with E-state index in [2.05, 4.69) is 20.7 Å². The van der Waals surface area contributed by atoms with Crippen LogP contribution in [0.25, 0.3) is 0 Å². The molecule has 0 aromatic heterocycles. The zero-order valence-corrected chi connectivity index (χ0v) is 10.4. The number of methoxy groups -OCH3 is 1. The number of carbonyl (C=O) groups is 1. The van der Waals surface area contributed by atoms with E-state index in [4.69, 9.17) is 0 Å². The molecule has 0 N–H and O–H groups in total. The van der Waals surface area contributed by atoms with Crippen molar-refractivity contribution in [2.24, 2.45) is 11.8 Å². The molecule has 14 heavy (non-hydrogen) atoms. The van der Waals surface area contributed by atoms with Gasteiger partial charge in [-0.1, -0.05) is 35.2 Å². The maximum absolute atomic E-state index is 11.0. The monoisotopic (exact) mass is 262 g/mol. The van der Waals surface area contributed by atoms with Crippen LogP contribution in [0.5, 0.6) is 0 Å². The number of rotatable bonds is 4. The van der Waals surface area contributed by atoms with Crippen LogP contribution in [-0.2, 0) is 9.53 Å². The van der Waals surface area contributed by atoms with E-state index in [0.717, 1.165) is 23.6 Å². The molecule has 0 aromatic carbocycles. The van der Waals surface area contributed by atoms with Gasteiger partial charge in [-0.15, -0.1) is 0 Å². The van der Waals surface area contributed by atoms with Crippen molar-refractivity contribution in [1.82, 2.24) is 0 Å². The van der Waals surface area contributed by atoms with Crippen molar-refractivity contribution in [3.05, 3.63) is 0 Å². The van der Waals surface area contributed by atoms with Gasteiger partial charge in [-0.25, -0.2) is 0 Å². The Bertz CT molecular complexity index is 182. The van der Waals surface area contributed by atoms with Gasteiger partial charge in [0.05, 0.1) is 7.11 Å². The summed E-state index contributed by atoms with van der Waals surface area (Å²) in [5.41, 5.74) is 0. The molecule has 0 saturated heterocycles. The van der Waals surface area contributed by atoms with Gasteiger partial charge in [0.25, 0.3) is 0 Å². The van der Waals surface area contributed by atoms with Gasteiger partial charge >= 0.3 is 5.97 Å². The number of esters is 1. The standard InChI is InChI=1S/C11H19BrO2/c1-14-11(13)7-6-9-4-2-3-5-10(9)8-12/h9-10H,2-8H2,1H3/t9?,10-/m1/s1. The minimum Gasteiger partial charge on any atom is -0.469 e. The summed E-state index contributed by atoms with van der Waals surface area (Å²) in [6.07, 6.45) is 6.87. The molecule has 0 spiro atoms. The topological polar surface area (TPSA) is 26.3 Å². The molecule has 0 aliphatic heterocycles. The minimum absolute atomic E-state index is 0.0658. The largest absolute Gasteiger partial charge is 0.469 e. The molecule has 0 amide bonds. The SMILES string of the molecule is COC(=O)CCC1CCCC[C@@H]1CBr. The van der Waals surface area contributed by atoms with Gasteiger partial charge in [-0.05, 0) is 24.7 Å². The molecule has 1 aliphatic rings. The van der Waals surface area contributed by atoms with Crippen LogP contribution in [0.1, 0.15) is 38.5 Å². The Balaban J connectivity index is 2.29. The number of alkyl halides is 1. The highest BCUT2D eigenvalue weighted by Gasteiger charge is 2.24. The first-order chi connectivity index (χ1) is 6.77. The second-order valence-electron chi connectivity index (χ2n) is 4.07. The highest BCUT2D eigenvalue weighted by atomic mass is 79.9. The van der Waals surface area contributed by atoms with Gasteiger partial charge in [0.15, 0.2) is 0 Å². The molecule has 1 fully saturated rings. The summed E-state index contributed by atoms with van der Waals surface area (Å²) < 4.78 is 4.66. The fraction of sp³-hybridized carbons (Fsp3) is 0.909. The van der Waals surface area contributed by atoms with Gasteiger partial charge in [-0.3, -0.25) is 4.79 Å². The van der Waals surface area contributed by atoms with Gasteiger partial charge in [0.1, 0.15) is 0 Å². The van der Waals surface area contributed by atoms with E-state index >= 15 is 0 Å². The van der Waals surface area contributed by atoms with Gasteiger partial charge in [0, 0.05) is 11.8 Å². The highest BCUT2D eigenvalue weighted by Crippen LogP contribution is 2.34. The van der Waals surface area contributed by atoms with E-state index in [1.165, 1.54) is 32.8 Å². The average molecular weight is 263 g/mol. The van der Waals surface area contributed by atoms with E-state index in [1.54, 1.807) is 0 Å². The lowest BCUT2D eigenvalue weighted by Gasteiger charge is -2.29. The molecule has 3 heteroatoms. The van der Waals surface area contributed by atoms with Crippen LogP contribution in [0.2, 0.25) is 0 Å². The quantitative estimate of drug-likeness (QED) is 0.575. The average Bonchev–Trinajstić information content (AvgIpc) is 2.26. The number of hydrogen-bond acceptors (Lipinski definition) is 2. The Kier molecular flexibility index (Phi) is 5.53. The Hall–Kier alpha value is -0.0500. The minimum atomic E-state index is -0.0658. The number of halogens is 1. The van der Waals surface area contributed by atoms with Crippen molar-refractivity contribution in [1.29, 1.82) is 0 Å². The van der Waals surface area contributed by atoms with E-state index in [1.807, 2.05) is 0 Å². The van der Waals surface area contributed by atoms with Crippen LogP contribution in [-0.4, -0.2) is 18.4 Å². The summed E-state index contributed by atoms with van der Waals surface area (Å²) in [6, 6.07) is 0. The fourth-order valence-corrected chi connectivity index (χ4v) is 3.13. The Morgan fingerprint density at radius 2 is 2.00 bits per heavy atom. The molecule has 0 radical (unpaired) electrons. The maximum atomic E-state index is 11.0. The van der Waals surface area contributed by atoms with E-state index in [0.29, 0.717) is 6.42 Å². The molecule has 1 unspecified atom stereocenters. The molecular formula is C11H19BrO2. The van der Waals surface area contributed by atoms with E-state index in [9.17, 15) is 4.79 Å². The highest BCUT2D eigenvalue weighted by molar-refractivity contribution is 9.09. The normalized spacial score (nSPS) is 27.3. The van der Waals surface area contributed by atoms with Gasteiger partial charge in [-0.2, -0.15) is 0 Å². The lowest BCUT2D eigenvalue weighted by Crippen LogP contribution is -2.21. The molecule has 1 rings (SSSR count). The lowest BCUT2D eigenvalue weighted by atomic mass is 9.78. The number of hydrogen-bond donors (Lipinski definition) is 0. The molecule has 0 heterocycles. The fourth-order valence-electron chi connectivity index (χ4n) is 2.27.